The Morgan fingerprint density at radius 1 is 1.24 bits per heavy atom. The minimum absolute atomic E-state index is 0.0462. The largest absolute Gasteiger partial charge is 0.488 e. The molecule has 0 bridgehead atoms. The van der Waals surface area contributed by atoms with Crippen molar-refractivity contribution in [1.82, 2.24) is 20.4 Å². The first-order valence-electron chi connectivity index (χ1n) is 9.85. The van der Waals surface area contributed by atoms with E-state index in [0.717, 1.165) is 6.20 Å². The fourth-order valence-corrected chi connectivity index (χ4v) is 3.01. The summed E-state index contributed by atoms with van der Waals surface area (Å²) in [7, 11) is 0. The fourth-order valence-electron chi connectivity index (χ4n) is 2.89. The summed E-state index contributed by atoms with van der Waals surface area (Å²) in [5.41, 5.74) is 4.12. The van der Waals surface area contributed by atoms with Crippen molar-refractivity contribution in [3.05, 3.63) is 81.0 Å². The first-order chi connectivity index (χ1) is 15.8. The van der Waals surface area contributed by atoms with Crippen LogP contribution in [0.5, 0.6) is 5.75 Å². The standard InChI is InChI=1S/C22H21ClFN5O4/c1-13(2)33-19-8-7-16(9-18(19)24)27-22-25-10-17(20(31)28-26-12-30)21(32)29(22)11-14-3-5-15(23)6-4-14/h3-10,12-13H,11H2,1-2H3,(H,25,27)(H,26,30)(H,28,31). The summed E-state index contributed by atoms with van der Waals surface area (Å²) in [6.07, 6.45) is 1.13. The molecule has 0 saturated heterocycles. The van der Waals surface area contributed by atoms with E-state index in [4.69, 9.17) is 16.3 Å². The number of nitrogens with one attached hydrogen (secondary N) is 3. The van der Waals surface area contributed by atoms with Gasteiger partial charge in [0.2, 0.25) is 12.4 Å². The maximum absolute atomic E-state index is 14.4. The number of benzene rings is 2. The van der Waals surface area contributed by atoms with Crippen molar-refractivity contribution in [1.29, 1.82) is 0 Å². The Labute approximate surface area is 193 Å². The molecule has 2 aromatic carbocycles. The van der Waals surface area contributed by atoms with E-state index in [1.807, 2.05) is 5.43 Å². The van der Waals surface area contributed by atoms with Crippen molar-refractivity contribution in [2.24, 2.45) is 0 Å². The average molecular weight is 474 g/mol. The molecule has 3 aromatic rings. The van der Waals surface area contributed by atoms with Gasteiger partial charge in [-0.25, -0.2) is 9.37 Å². The van der Waals surface area contributed by atoms with Crippen molar-refractivity contribution in [3.63, 3.8) is 0 Å². The SMILES string of the molecule is CC(C)Oc1ccc(Nc2ncc(C(=O)NNC=O)c(=O)n2Cc2ccc(Cl)cc2)cc1F. The van der Waals surface area contributed by atoms with Crippen LogP contribution in [0.2, 0.25) is 5.02 Å². The normalized spacial score (nSPS) is 10.6. The number of nitrogens with zero attached hydrogens (tertiary/aromatic N) is 2. The third-order valence-corrected chi connectivity index (χ3v) is 4.59. The first kappa shape index (κ1) is 23.7. The van der Waals surface area contributed by atoms with Crippen LogP contribution in [0.4, 0.5) is 16.0 Å². The zero-order valence-corrected chi connectivity index (χ0v) is 18.5. The molecular formula is C22H21ClFN5O4. The van der Waals surface area contributed by atoms with Crippen LogP contribution in [0.3, 0.4) is 0 Å². The average Bonchev–Trinajstić information content (AvgIpc) is 2.77. The van der Waals surface area contributed by atoms with Gasteiger partial charge in [-0.1, -0.05) is 23.7 Å². The summed E-state index contributed by atoms with van der Waals surface area (Å²) in [4.78, 5) is 39.9. The number of amides is 2. The molecule has 3 N–H and O–H groups in total. The second-order valence-corrected chi connectivity index (χ2v) is 7.60. The third-order valence-electron chi connectivity index (χ3n) is 4.34. The molecule has 3 rings (SSSR count). The minimum atomic E-state index is -0.836. The van der Waals surface area contributed by atoms with E-state index in [9.17, 15) is 18.8 Å². The molecule has 0 aliphatic carbocycles. The fraction of sp³-hybridized carbons (Fsp3) is 0.182. The molecule has 0 spiro atoms. The van der Waals surface area contributed by atoms with Gasteiger partial charge < -0.3 is 10.1 Å². The molecule has 0 aliphatic heterocycles. The molecule has 2 amide bonds. The zero-order valence-electron chi connectivity index (χ0n) is 17.8. The van der Waals surface area contributed by atoms with Crippen LogP contribution in [0.25, 0.3) is 0 Å². The Balaban J connectivity index is 1.99. The van der Waals surface area contributed by atoms with E-state index in [0.29, 0.717) is 16.3 Å². The predicted molar refractivity (Wildman–Crippen MR) is 121 cm³/mol. The highest BCUT2D eigenvalue weighted by Crippen LogP contribution is 2.24. The number of aromatic nitrogens is 2. The van der Waals surface area contributed by atoms with Crippen molar-refractivity contribution in [3.8, 4) is 5.75 Å². The highest BCUT2D eigenvalue weighted by Gasteiger charge is 2.17. The number of ether oxygens (including phenoxy) is 1. The van der Waals surface area contributed by atoms with Gasteiger partial charge in [-0.3, -0.25) is 29.8 Å². The van der Waals surface area contributed by atoms with Crippen LogP contribution >= 0.6 is 11.6 Å². The van der Waals surface area contributed by atoms with E-state index in [1.165, 1.54) is 16.7 Å². The second kappa shape index (κ2) is 10.6. The number of carbonyl (C=O) groups excluding carboxylic acids is 2. The molecular weight excluding hydrogens is 453 g/mol. The van der Waals surface area contributed by atoms with Gasteiger partial charge in [-0.2, -0.15) is 0 Å². The van der Waals surface area contributed by atoms with Crippen LogP contribution in [0, 0.1) is 5.82 Å². The van der Waals surface area contributed by atoms with Gasteiger partial charge in [0.15, 0.2) is 11.6 Å². The Morgan fingerprint density at radius 3 is 2.61 bits per heavy atom. The van der Waals surface area contributed by atoms with Crippen molar-refractivity contribution in [2.45, 2.75) is 26.5 Å². The van der Waals surface area contributed by atoms with Crippen molar-refractivity contribution in [2.75, 3.05) is 5.32 Å². The lowest BCUT2D eigenvalue weighted by molar-refractivity contribution is -0.110. The third kappa shape index (κ3) is 6.07. The van der Waals surface area contributed by atoms with Crippen LogP contribution in [0.15, 0.2) is 53.5 Å². The molecule has 0 unspecified atom stereocenters. The molecule has 0 aliphatic rings. The van der Waals surface area contributed by atoms with Crippen LogP contribution in [-0.4, -0.2) is 28.0 Å². The van der Waals surface area contributed by atoms with E-state index in [2.05, 4.69) is 15.7 Å². The van der Waals surface area contributed by atoms with E-state index in [1.54, 1.807) is 44.2 Å². The lowest BCUT2D eigenvalue weighted by atomic mass is 10.2. The van der Waals surface area contributed by atoms with Gasteiger partial charge in [0.25, 0.3) is 11.5 Å². The highest BCUT2D eigenvalue weighted by molar-refractivity contribution is 6.30. The van der Waals surface area contributed by atoms with E-state index < -0.39 is 17.3 Å². The first-order valence-corrected chi connectivity index (χ1v) is 10.2. The predicted octanol–water partition coefficient (Wildman–Crippen LogP) is 3.01. The van der Waals surface area contributed by atoms with Gasteiger partial charge in [0.1, 0.15) is 5.56 Å². The molecule has 0 radical (unpaired) electrons. The molecule has 0 atom stereocenters. The van der Waals surface area contributed by atoms with Gasteiger partial charge in [0, 0.05) is 23.0 Å². The summed E-state index contributed by atoms with van der Waals surface area (Å²) < 4.78 is 21.0. The molecule has 0 fully saturated rings. The number of hydrogen-bond acceptors (Lipinski definition) is 6. The summed E-state index contributed by atoms with van der Waals surface area (Å²) in [5, 5.41) is 3.43. The van der Waals surface area contributed by atoms with Gasteiger partial charge >= 0.3 is 0 Å². The maximum atomic E-state index is 14.4. The Bertz CT molecular complexity index is 1210. The minimum Gasteiger partial charge on any atom is -0.488 e. The van der Waals surface area contributed by atoms with Crippen molar-refractivity contribution < 1.29 is 18.7 Å². The maximum Gasteiger partial charge on any atom is 0.276 e. The van der Waals surface area contributed by atoms with Gasteiger partial charge in [-0.15, -0.1) is 0 Å². The highest BCUT2D eigenvalue weighted by atomic mass is 35.5. The number of hydrogen-bond donors (Lipinski definition) is 3. The number of carbonyl (C=O) groups is 2. The number of rotatable bonds is 9. The molecule has 1 aromatic heterocycles. The monoisotopic (exact) mass is 473 g/mol. The summed E-state index contributed by atoms with van der Waals surface area (Å²) in [6, 6.07) is 11.0. The number of halogens is 2. The van der Waals surface area contributed by atoms with Crippen molar-refractivity contribution >= 4 is 35.6 Å². The van der Waals surface area contributed by atoms with Gasteiger partial charge in [-0.05, 0) is 43.7 Å². The Kier molecular flexibility index (Phi) is 7.62. The zero-order chi connectivity index (χ0) is 24.0. The Morgan fingerprint density at radius 2 is 1.97 bits per heavy atom. The lowest BCUT2D eigenvalue weighted by Gasteiger charge is -2.16. The summed E-state index contributed by atoms with van der Waals surface area (Å²) >= 11 is 5.93. The van der Waals surface area contributed by atoms with Crippen LogP contribution in [-0.2, 0) is 11.3 Å². The molecule has 11 heteroatoms. The van der Waals surface area contributed by atoms with Crippen LogP contribution in [0.1, 0.15) is 29.8 Å². The topological polar surface area (TPSA) is 114 Å². The molecule has 0 saturated carbocycles. The summed E-state index contributed by atoms with van der Waals surface area (Å²) in [6.45, 7) is 3.62. The number of hydrazine groups is 1. The Hall–Kier alpha value is -3.92. The summed E-state index contributed by atoms with van der Waals surface area (Å²) in [5.74, 6) is -1.25. The van der Waals surface area contributed by atoms with Crippen LogP contribution < -0.4 is 26.5 Å². The quantitative estimate of drug-likeness (QED) is 0.325. The molecule has 1 heterocycles. The van der Waals surface area contributed by atoms with E-state index >= 15 is 0 Å². The van der Waals surface area contributed by atoms with E-state index in [-0.39, 0.29) is 36.3 Å². The number of anilines is 2. The second-order valence-electron chi connectivity index (χ2n) is 7.17. The molecule has 33 heavy (non-hydrogen) atoms. The molecule has 9 nitrogen and oxygen atoms in total. The molecule has 172 valence electrons. The smallest absolute Gasteiger partial charge is 0.276 e. The van der Waals surface area contributed by atoms with Gasteiger partial charge in [0.05, 0.1) is 12.6 Å². The lowest BCUT2D eigenvalue weighted by Crippen LogP contribution is -2.40.